The highest BCUT2D eigenvalue weighted by Gasteiger charge is 2.15. The molecular formula is C53H35N3. The van der Waals surface area contributed by atoms with Gasteiger partial charge in [0.05, 0.1) is 22.6 Å². The molecule has 0 saturated carbocycles. The van der Waals surface area contributed by atoms with Crippen molar-refractivity contribution < 1.29 is 0 Å². The Morgan fingerprint density at radius 2 is 0.696 bits per heavy atom. The van der Waals surface area contributed by atoms with Crippen LogP contribution in [0.3, 0.4) is 0 Å². The van der Waals surface area contributed by atoms with Gasteiger partial charge in [-0.15, -0.1) is 0 Å². The molecule has 0 amide bonds. The summed E-state index contributed by atoms with van der Waals surface area (Å²) in [6.07, 6.45) is 0. The van der Waals surface area contributed by atoms with Gasteiger partial charge in [0.2, 0.25) is 0 Å². The van der Waals surface area contributed by atoms with Crippen molar-refractivity contribution in [1.29, 1.82) is 0 Å². The van der Waals surface area contributed by atoms with Crippen molar-refractivity contribution in [3.05, 3.63) is 212 Å². The van der Waals surface area contributed by atoms with E-state index < -0.39 is 0 Å². The van der Waals surface area contributed by atoms with Gasteiger partial charge in [-0.25, -0.2) is 15.0 Å². The highest BCUT2D eigenvalue weighted by Crippen LogP contribution is 2.38. The molecule has 0 saturated heterocycles. The fourth-order valence-corrected chi connectivity index (χ4v) is 7.60. The number of rotatable bonds is 7. The lowest BCUT2D eigenvalue weighted by Crippen LogP contribution is -1.96. The molecule has 8 aromatic carbocycles. The lowest BCUT2D eigenvalue weighted by atomic mass is 9.93. The zero-order valence-electron chi connectivity index (χ0n) is 30.5. The van der Waals surface area contributed by atoms with Gasteiger partial charge in [0.1, 0.15) is 0 Å². The monoisotopic (exact) mass is 713 g/mol. The molecule has 0 aliphatic heterocycles. The largest absolute Gasteiger partial charge is 0.248 e. The number of nitrogens with zero attached hydrogens (tertiary/aromatic N) is 3. The van der Waals surface area contributed by atoms with Crippen LogP contribution in [0.5, 0.6) is 0 Å². The summed E-state index contributed by atoms with van der Waals surface area (Å²) < 4.78 is 0. The standard InChI is InChI=1S/C53H35N3/c1-5-13-36(14-6-1)37-21-25-42(26-22-37)51-35-50(41-19-11-4-12-20-41)55-53(56-51)43-27-23-38(24-28-43)44-29-31-46-45(33-44)30-32-48-52(46)47(39-15-7-2-8-16-39)34-49(54-48)40-17-9-3-10-18-40/h1-35H. The van der Waals surface area contributed by atoms with Crippen LogP contribution in [0.4, 0.5) is 0 Å². The molecule has 56 heavy (non-hydrogen) atoms. The van der Waals surface area contributed by atoms with Crippen molar-refractivity contribution in [2.45, 2.75) is 0 Å². The minimum atomic E-state index is 0.695. The van der Waals surface area contributed by atoms with Crippen molar-refractivity contribution in [2.24, 2.45) is 0 Å². The molecule has 10 aromatic rings. The van der Waals surface area contributed by atoms with E-state index in [4.69, 9.17) is 15.0 Å². The number of fused-ring (bicyclic) bond motifs is 3. The highest BCUT2D eigenvalue weighted by molar-refractivity contribution is 6.14. The number of pyridine rings is 1. The van der Waals surface area contributed by atoms with E-state index in [0.717, 1.165) is 61.4 Å². The van der Waals surface area contributed by atoms with E-state index in [1.165, 1.54) is 33.0 Å². The van der Waals surface area contributed by atoms with Crippen molar-refractivity contribution in [2.75, 3.05) is 0 Å². The van der Waals surface area contributed by atoms with Crippen LogP contribution in [0.15, 0.2) is 212 Å². The van der Waals surface area contributed by atoms with Gasteiger partial charge in [0.25, 0.3) is 0 Å². The van der Waals surface area contributed by atoms with Gasteiger partial charge in [-0.1, -0.05) is 188 Å². The maximum atomic E-state index is 5.16. The number of benzene rings is 8. The van der Waals surface area contributed by atoms with Gasteiger partial charge in [0, 0.05) is 27.6 Å². The summed E-state index contributed by atoms with van der Waals surface area (Å²) in [7, 11) is 0. The third-order valence-electron chi connectivity index (χ3n) is 10.5. The van der Waals surface area contributed by atoms with Crippen molar-refractivity contribution >= 4 is 21.7 Å². The summed E-state index contributed by atoms with van der Waals surface area (Å²) in [6.45, 7) is 0. The van der Waals surface area contributed by atoms with Gasteiger partial charge in [0.15, 0.2) is 5.82 Å². The smallest absolute Gasteiger partial charge is 0.160 e. The van der Waals surface area contributed by atoms with Crippen molar-refractivity contribution in [3.8, 4) is 78.5 Å². The Balaban J connectivity index is 1.02. The van der Waals surface area contributed by atoms with Crippen LogP contribution in [0.2, 0.25) is 0 Å². The topological polar surface area (TPSA) is 38.7 Å². The second kappa shape index (κ2) is 14.4. The van der Waals surface area contributed by atoms with Crippen LogP contribution < -0.4 is 0 Å². The summed E-state index contributed by atoms with van der Waals surface area (Å²) in [5.74, 6) is 0.695. The third kappa shape index (κ3) is 6.42. The maximum absolute atomic E-state index is 5.16. The molecular weight excluding hydrogens is 679 g/mol. The zero-order chi connectivity index (χ0) is 37.3. The quantitative estimate of drug-likeness (QED) is 0.154. The number of hydrogen-bond donors (Lipinski definition) is 0. The second-order valence-electron chi connectivity index (χ2n) is 14.0. The van der Waals surface area contributed by atoms with Crippen molar-refractivity contribution in [3.63, 3.8) is 0 Å². The van der Waals surface area contributed by atoms with E-state index in [1.54, 1.807) is 0 Å². The summed E-state index contributed by atoms with van der Waals surface area (Å²) in [4.78, 5) is 15.4. The third-order valence-corrected chi connectivity index (χ3v) is 10.5. The molecule has 0 aliphatic rings. The van der Waals surface area contributed by atoms with Crippen molar-refractivity contribution in [1.82, 2.24) is 15.0 Å². The normalized spacial score (nSPS) is 11.2. The minimum Gasteiger partial charge on any atom is -0.248 e. The van der Waals surface area contributed by atoms with E-state index >= 15 is 0 Å². The molecule has 0 unspecified atom stereocenters. The zero-order valence-corrected chi connectivity index (χ0v) is 30.5. The van der Waals surface area contributed by atoms with Crippen LogP contribution in [-0.4, -0.2) is 15.0 Å². The van der Waals surface area contributed by atoms with E-state index in [2.05, 4.69) is 182 Å². The molecule has 262 valence electrons. The van der Waals surface area contributed by atoms with E-state index in [9.17, 15) is 0 Å². The van der Waals surface area contributed by atoms with E-state index in [1.807, 2.05) is 30.3 Å². The molecule has 0 fully saturated rings. The molecule has 2 aromatic heterocycles. The molecule has 0 radical (unpaired) electrons. The molecule has 0 N–H and O–H groups in total. The summed E-state index contributed by atoms with van der Waals surface area (Å²) in [5.41, 5.74) is 14.9. The first-order chi connectivity index (χ1) is 27.7. The molecule has 10 rings (SSSR count). The molecule has 2 heterocycles. The van der Waals surface area contributed by atoms with Crippen LogP contribution in [0.25, 0.3) is 100 Å². The van der Waals surface area contributed by atoms with E-state index in [-0.39, 0.29) is 0 Å². The highest BCUT2D eigenvalue weighted by atomic mass is 14.9. The first kappa shape index (κ1) is 33.1. The number of hydrogen-bond acceptors (Lipinski definition) is 3. The second-order valence-corrected chi connectivity index (χ2v) is 14.0. The molecule has 3 nitrogen and oxygen atoms in total. The van der Waals surface area contributed by atoms with Gasteiger partial charge in [-0.05, 0) is 68.4 Å². The number of aromatic nitrogens is 3. The fraction of sp³-hybridized carbons (Fsp3) is 0. The average molecular weight is 714 g/mol. The molecule has 0 spiro atoms. The molecule has 0 aliphatic carbocycles. The Morgan fingerprint density at radius 3 is 1.29 bits per heavy atom. The first-order valence-electron chi connectivity index (χ1n) is 18.9. The molecule has 3 heteroatoms. The van der Waals surface area contributed by atoms with Gasteiger partial charge in [-0.3, -0.25) is 0 Å². The Bertz CT molecular complexity index is 2960. The maximum Gasteiger partial charge on any atom is 0.160 e. The van der Waals surface area contributed by atoms with Crippen LogP contribution in [-0.2, 0) is 0 Å². The first-order valence-corrected chi connectivity index (χ1v) is 18.9. The summed E-state index contributed by atoms with van der Waals surface area (Å²) >= 11 is 0. The predicted octanol–water partition coefficient (Wildman–Crippen LogP) is 13.8. The lowest BCUT2D eigenvalue weighted by Gasteiger charge is -2.14. The van der Waals surface area contributed by atoms with Gasteiger partial charge >= 0.3 is 0 Å². The van der Waals surface area contributed by atoms with Crippen LogP contribution >= 0.6 is 0 Å². The van der Waals surface area contributed by atoms with Gasteiger partial charge in [-0.2, -0.15) is 0 Å². The fourth-order valence-electron chi connectivity index (χ4n) is 7.60. The lowest BCUT2D eigenvalue weighted by molar-refractivity contribution is 1.18. The Morgan fingerprint density at radius 1 is 0.268 bits per heavy atom. The minimum absolute atomic E-state index is 0.695. The van der Waals surface area contributed by atoms with Crippen LogP contribution in [0, 0.1) is 0 Å². The SMILES string of the molecule is c1ccc(-c2ccc(-c3cc(-c4ccccc4)nc(-c4ccc(-c5ccc6c(ccc7nc(-c8ccccc8)cc(-c8ccccc8)c76)c5)cc4)n3)cc2)cc1. The molecule has 0 bridgehead atoms. The van der Waals surface area contributed by atoms with E-state index in [0.29, 0.717) is 5.82 Å². The summed E-state index contributed by atoms with van der Waals surface area (Å²) in [5, 5.41) is 3.52. The average Bonchev–Trinajstić information content (AvgIpc) is 3.29. The Labute approximate surface area is 326 Å². The van der Waals surface area contributed by atoms with Crippen LogP contribution in [0.1, 0.15) is 0 Å². The predicted molar refractivity (Wildman–Crippen MR) is 233 cm³/mol. The van der Waals surface area contributed by atoms with Gasteiger partial charge < -0.3 is 0 Å². The molecule has 0 atom stereocenters. The Kier molecular flexibility index (Phi) is 8.51. The Hall–Kier alpha value is -7.49. The summed E-state index contributed by atoms with van der Waals surface area (Å²) in [6, 6.07) is 74.5.